The minimum absolute atomic E-state index is 0.299. The Morgan fingerprint density at radius 3 is 3.08 bits per heavy atom. The first-order chi connectivity index (χ1) is 6.24. The van der Waals surface area contributed by atoms with Gasteiger partial charge in [0.25, 0.3) is 0 Å². The second-order valence-electron chi connectivity index (χ2n) is 2.62. The number of ether oxygens (including phenoxy) is 1. The molecular weight excluding hydrogens is 168 g/mol. The van der Waals surface area contributed by atoms with Gasteiger partial charge in [0.1, 0.15) is 5.75 Å². The van der Waals surface area contributed by atoms with Crippen molar-refractivity contribution in [3.63, 3.8) is 0 Å². The van der Waals surface area contributed by atoms with E-state index in [-0.39, 0.29) is 5.91 Å². The second kappa shape index (κ2) is 4.45. The zero-order chi connectivity index (χ0) is 9.68. The summed E-state index contributed by atoms with van der Waals surface area (Å²) in [6.45, 7) is 0. The lowest BCUT2D eigenvalue weighted by atomic mass is 10.2. The molecule has 70 valence electrons. The highest BCUT2D eigenvalue weighted by molar-refractivity contribution is 5.74. The lowest BCUT2D eigenvalue weighted by Gasteiger charge is -2.04. The molecule has 0 fully saturated rings. The van der Waals surface area contributed by atoms with Crippen molar-refractivity contribution in [3.05, 3.63) is 24.0 Å². The smallest absolute Gasteiger partial charge is 0.217 e. The fourth-order valence-corrected chi connectivity index (χ4v) is 1.04. The minimum Gasteiger partial charge on any atom is -0.495 e. The molecule has 0 spiro atoms. The lowest BCUT2D eigenvalue weighted by Crippen LogP contribution is -2.12. The average molecular weight is 180 g/mol. The van der Waals surface area contributed by atoms with Crippen LogP contribution in [0.15, 0.2) is 18.3 Å². The van der Waals surface area contributed by atoms with Gasteiger partial charge in [0.05, 0.1) is 12.8 Å². The Morgan fingerprint density at radius 1 is 1.69 bits per heavy atom. The van der Waals surface area contributed by atoms with Crippen LogP contribution in [0.5, 0.6) is 5.75 Å². The van der Waals surface area contributed by atoms with Gasteiger partial charge in [-0.15, -0.1) is 0 Å². The van der Waals surface area contributed by atoms with E-state index in [4.69, 9.17) is 10.5 Å². The van der Waals surface area contributed by atoms with Gasteiger partial charge in [-0.25, -0.2) is 0 Å². The van der Waals surface area contributed by atoms with E-state index >= 15 is 0 Å². The molecule has 13 heavy (non-hydrogen) atoms. The largest absolute Gasteiger partial charge is 0.495 e. The van der Waals surface area contributed by atoms with E-state index in [1.165, 1.54) is 0 Å². The molecule has 0 aromatic carbocycles. The summed E-state index contributed by atoms with van der Waals surface area (Å²) >= 11 is 0. The average Bonchev–Trinajstić information content (AvgIpc) is 2.15. The maximum Gasteiger partial charge on any atom is 0.217 e. The molecule has 4 nitrogen and oxygen atoms in total. The normalized spacial score (nSPS) is 9.62. The first-order valence-electron chi connectivity index (χ1n) is 4.00. The van der Waals surface area contributed by atoms with Crippen molar-refractivity contribution >= 4 is 5.91 Å². The van der Waals surface area contributed by atoms with E-state index in [9.17, 15) is 4.79 Å². The molecule has 0 aliphatic heterocycles. The highest BCUT2D eigenvalue weighted by Crippen LogP contribution is 2.15. The van der Waals surface area contributed by atoms with Crippen LogP contribution in [0.4, 0.5) is 0 Å². The highest BCUT2D eigenvalue weighted by Gasteiger charge is 2.04. The van der Waals surface area contributed by atoms with Gasteiger partial charge in [0.2, 0.25) is 5.91 Å². The summed E-state index contributed by atoms with van der Waals surface area (Å²) in [5.74, 6) is 0.372. The third kappa shape index (κ3) is 2.74. The van der Waals surface area contributed by atoms with Gasteiger partial charge in [-0.05, 0) is 12.1 Å². The van der Waals surface area contributed by atoms with Crippen LogP contribution in [0, 0.1) is 0 Å². The van der Waals surface area contributed by atoms with Crippen molar-refractivity contribution in [2.45, 2.75) is 12.8 Å². The number of hydrogen-bond donors (Lipinski definition) is 1. The summed E-state index contributed by atoms with van der Waals surface area (Å²) in [6, 6.07) is 3.59. The molecule has 0 atom stereocenters. The molecular formula is C9H12N2O2. The van der Waals surface area contributed by atoms with Gasteiger partial charge >= 0.3 is 0 Å². The minimum atomic E-state index is -0.326. The van der Waals surface area contributed by atoms with Crippen LogP contribution in [-0.4, -0.2) is 18.0 Å². The molecule has 0 unspecified atom stereocenters. The van der Waals surface area contributed by atoms with Crippen molar-refractivity contribution in [1.82, 2.24) is 4.98 Å². The SMILES string of the molecule is COc1cccnc1CCC(N)=O. The quantitative estimate of drug-likeness (QED) is 0.734. The number of hydrogen-bond acceptors (Lipinski definition) is 3. The van der Waals surface area contributed by atoms with E-state index in [1.807, 2.05) is 6.07 Å². The number of nitrogens with two attached hydrogens (primary N) is 1. The molecule has 0 bridgehead atoms. The Balaban J connectivity index is 2.69. The molecule has 0 saturated heterocycles. The number of aryl methyl sites for hydroxylation is 1. The number of primary amides is 1. The lowest BCUT2D eigenvalue weighted by molar-refractivity contribution is -0.118. The van der Waals surface area contributed by atoms with Gasteiger partial charge in [-0.2, -0.15) is 0 Å². The number of pyridine rings is 1. The molecule has 0 saturated carbocycles. The zero-order valence-corrected chi connectivity index (χ0v) is 7.49. The monoisotopic (exact) mass is 180 g/mol. The van der Waals surface area contributed by atoms with Crippen LogP contribution in [0.3, 0.4) is 0 Å². The van der Waals surface area contributed by atoms with Gasteiger partial charge in [-0.1, -0.05) is 0 Å². The Hall–Kier alpha value is -1.58. The number of carbonyl (C=O) groups is 1. The van der Waals surface area contributed by atoms with Gasteiger partial charge < -0.3 is 10.5 Å². The predicted molar refractivity (Wildman–Crippen MR) is 48.3 cm³/mol. The third-order valence-electron chi connectivity index (χ3n) is 1.68. The van der Waals surface area contributed by atoms with Crippen molar-refractivity contribution in [2.24, 2.45) is 5.73 Å². The topological polar surface area (TPSA) is 65.2 Å². The maximum absolute atomic E-state index is 10.5. The van der Waals surface area contributed by atoms with Crippen molar-refractivity contribution in [2.75, 3.05) is 7.11 Å². The van der Waals surface area contributed by atoms with Crippen molar-refractivity contribution in [1.29, 1.82) is 0 Å². The molecule has 0 radical (unpaired) electrons. The molecule has 1 heterocycles. The number of nitrogens with zero attached hydrogens (tertiary/aromatic N) is 1. The number of carbonyl (C=O) groups excluding carboxylic acids is 1. The first kappa shape index (κ1) is 9.51. The van der Waals surface area contributed by atoms with Gasteiger partial charge in [-0.3, -0.25) is 9.78 Å². The summed E-state index contributed by atoms with van der Waals surface area (Å²) in [5, 5.41) is 0. The molecule has 1 aromatic rings. The van der Waals surface area contributed by atoms with E-state index in [1.54, 1.807) is 19.4 Å². The molecule has 0 aliphatic carbocycles. The van der Waals surface area contributed by atoms with E-state index in [2.05, 4.69) is 4.98 Å². The van der Waals surface area contributed by atoms with Crippen molar-refractivity contribution in [3.8, 4) is 5.75 Å². The fourth-order valence-electron chi connectivity index (χ4n) is 1.04. The van der Waals surface area contributed by atoms with E-state index < -0.39 is 0 Å². The number of aromatic nitrogens is 1. The van der Waals surface area contributed by atoms with E-state index in [0.717, 1.165) is 5.69 Å². The third-order valence-corrected chi connectivity index (χ3v) is 1.68. The summed E-state index contributed by atoms with van der Waals surface area (Å²) in [6.07, 6.45) is 2.49. The maximum atomic E-state index is 10.5. The molecule has 0 aliphatic rings. The Morgan fingerprint density at radius 2 is 2.46 bits per heavy atom. The summed E-state index contributed by atoms with van der Waals surface area (Å²) < 4.78 is 5.06. The highest BCUT2D eigenvalue weighted by atomic mass is 16.5. The fraction of sp³-hybridized carbons (Fsp3) is 0.333. The van der Waals surface area contributed by atoms with Crippen LogP contribution < -0.4 is 10.5 Å². The van der Waals surface area contributed by atoms with Crippen LogP contribution >= 0.6 is 0 Å². The number of methoxy groups -OCH3 is 1. The standard InChI is InChI=1S/C9H12N2O2/c1-13-8-3-2-6-11-7(8)4-5-9(10)12/h2-3,6H,4-5H2,1H3,(H2,10,12). The number of amides is 1. The number of rotatable bonds is 4. The van der Waals surface area contributed by atoms with Crippen LogP contribution in [0.2, 0.25) is 0 Å². The molecule has 1 rings (SSSR count). The van der Waals surface area contributed by atoms with Gasteiger partial charge in [0, 0.05) is 19.0 Å². The Kier molecular flexibility index (Phi) is 3.25. The summed E-state index contributed by atoms with van der Waals surface area (Å²) in [5.41, 5.74) is 5.79. The summed E-state index contributed by atoms with van der Waals surface area (Å²) in [4.78, 5) is 14.6. The molecule has 4 heteroatoms. The Bertz CT molecular complexity index is 299. The first-order valence-corrected chi connectivity index (χ1v) is 4.00. The molecule has 1 amide bonds. The van der Waals surface area contributed by atoms with Crippen LogP contribution in [0.1, 0.15) is 12.1 Å². The zero-order valence-electron chi connectivity index (χ0n) is 7.49. The molecule has 2 N–H and O–H groups in total. The Labute approximate surface area is 76.7 Å². The van der Waals surface area contributed by atoms with E-state index in [0.29, 0.717) is 18.6 Å². The van der Waals surface area contributed by atoms with Crippen LogP contribution in [-0.2, 0) is 11.2 Å². The van der Waals surface area contributed by atoms with Crippen molar-refractivity contribution < 1.29 is 9.53 Å². The van der Waals surface area contributed by atoms with Gasteiger partial charge in [0.15, 0.2) is 0 Å². The second-order valence-corrected chi connectivity index (χ2v) is 2.62. The molecule has 1 aromatic heterocycles. The summed E-state index contributed by atoms with van der Waals surface area (Å²) in [7, 11) is 1.57. The predicted octanol–water partition coefficient (Wildman–Crippen LogP) is 0.508. The van der Waals surface area contributed by atoms with Crippen LogP contribution in [0.25, 0.3) is 0 Å².